The summed E-state index contributed by atoms with van der Waals surface area (Å²) in [6.45, 7) is 2.55. The maximum absolute atomic E-state index is 12.5. The van der Waals surface area contributed by atoms with E-state index in [9.17, 15) is 4.79 Å². The molecule has 2 aromatic carbocycles. The number of carbonyl (C=O) groups excluding carboxylic acids is 1. The summed E-state index contributed by atoms with van der Waals surface area (Å²) >= 11 is 0. The first-order chi connectivity index (χ1) is 12.5. The molecule has 0 aliphatic heterocycles. The molecular formula is C21H27NO4. The number of hydrogen-bond acceptors (Lipinski definition) is 4. The Morgan fingerprint density at radius 2 is 1.62 bits per heavy atom. The van der Waals surface area contributed by atoms with Gasteiger partial charge in [-0.3, -0.25) is 4.79 Å². The SMILES string of the molecule is COc1cc(CCC(=O)N(C)Cc2cc(C)ccc2OC)cc(OC)c1. The van der Waals surface area contributed by atoms with E-state index in [0.717, 1.165) is 33.9 Å². The Hall–Kier alpha value is -2.69. The largest absolute Gasteiger partial charge is 0.497 e. The van der Waals surface area contributed by atoms with E-state index >= 15 is 0 Å². The van der Waals surface area contributed by atoms with Crippen LogP contribution in [0.5, 0.6) is 17.2 Å². The molecular weight excluding hydrogens is 330 g/mol. The lowest BCUT2D eigenvalue weighted by Crippen LogP contribution is -2.26. The van der Waals surface area contributed by atoms with Crippen LogP contribution in [0.3, 0.4) is 0 Å². The first-order valence-electron chi connectivity index (χ1n) is 8.56. The minimum atomic E-state index is 0.0790. The molecule has 140 valence electrons. The first-order valence-corrected chi connectivity index (χ1v) is 8.56. The van der Waals surface area contributed by atoms with Gasteiger partial charge in [-0.1, -0.05) is 17.7 Å². The van der Waals surface area contributed by atoms with Gasteiger partial charge < -0.3 is 19.1 Å². The van der Waals surface area contributed by atoms with Crippen molar-refractivity contribution in [3.8, 4) is 17.2 Å². The van der Waals surface area contributed by atoms with E-state index in [-0.39, 0.29) is 5.91 Å². The third-order valence-electron chi connectivity index (χ3n) is 4.31. The van der Waals surface area contributed by atoms with Crippen LogP contribution >= 0.6 is 0 Å². The van der Waals surface area contributed by atoms with E-state index < -0.39 is 0 Å². The Labute approximate surface area is 155 Å². The molecule has 2 rings (SSSR count). The number of methoxy groups -OCH3 is 3. The summed E-state index contributed by atoms with van der Waals surface area (Å²) in [4.78, 5) is 14.3. The van der Waals surface area contributed by atoms with E-state index in [4.69, 9.17) is 14.2 Å². The van der Waals surface area contributed by atoms with Gasteiger partial charge in [-0.25, -0.2) is 0 Å². The number of aryl methyl sites for hydroxylation is 2. The molecule has 0 heterocycles. The van der Waals surface area contributed by atoms with Gasteiger partial charge in [0, 0.05) is 31.6 Å². The van der Waals surface area contributed by atoms with Crippen molar-refractivity contribution in [1.82, 2.24) is 4.90 Å². The minimum Gasteiger partial charge on any atom is -0.497 e. The lowest BCUT2D eigenvalue weighted by atomic mass is 10.1. The number of amides is 1. The number of rotatable bonds is 8. The zero-order valence-electron chi connectivity index (χ0n) is 16.2. The van der Waals surface area contributed by atoms with Gasteiger partial charge in [-0.15, -0.1) is 0 Å². The van der Waals surface area contributed by atoms with Gasteiger partial charge in [-0.05, 0) is 37.1 Å². The molecule has 2 aromatic rings. The summed E-state index contributed by atoms with van der Waals surface area (Å²) in [7, 11) is 6.70. The van der Waals surface area contributed by atoms with Gasteiger partial charge in [0.2, 0.25) is 5.91 Å². The smallest absolute Gasteiger partial charge is 0.222 e. The van der Waals surface area contributed by atoms with Crippen molar-refractivity contribution in [2.24, 2.45) is 0 Å². The molecule has 0 spiro atoms. The monoisotopic (exact) mass is 357 g/mol. The quantitative estimate of drug-likeness (QED) is 0.724. The van der Waals surface area contributed by atoms with Crippen LogP contribution in [0.2, 0.25) is 0 Å². The highest BCUT2D eigenvalue weighted by Crippen LogP contribution is 2.24. The highest BCUT2D eigenvalue weighted by Gasteiger charge is 2.13. The zero-order valence-corrected chi connectivity index (χ0v) is 16.2. The van der Waals surface area contributed by atoms with Crippen molar-refractivity contribution in [3.63, 3.8) is 0 Å². The number of nitrogens with zero attached hydrogens (tertiary/aromatic N) is 1. The number of ether oxygens (including phenoxy) is 3. The van der Waals surface area contributed by atoms with Crippen molar-refractivity contribution in [3.05, 3.63) is 53.1 Å². The predicted octanol–water partition coefficient (Wildman–Crippen LogP) is 3.61. The molecule has 0 radical (unpaired) electrons. The predicted molar refractivity (Wildman–Crippen MR) is 102 cm³/mol. The summed E-state index contributed by atoms with van der Waals surface area (Å²) < 4.78 is 16.0. The second kappa shape index (κ2) is 9.13. The fourth-order valence-electron chi connectivity index (χ4n) is 2.83. The second-order valence-corrected chi connectivity index (χ2v) is 6.29. The molecule has 0 N–H and O–H groups in total. The van der Waals surface area contributed by atoms with E-state index in [2.05, 4.69) is 6.07 Å². The van der Waals surface area contributed by atoms with Gasteiger partial charge in [-0.2, -0.15) is 0 Å². The summed E-state index contributed by atoms with van der Waals surface area (Å²) in [5, 5.41) is 0. The second-order valence-electron chi connectivity index (χ2n) is 6.29. The molecule has 0 atom stereocenters. The van der Waals surface area contributed by atoms with Crippen LogP contribution < -0.4 is 14.2 Å². The summed E-state index contributed by atoms with van der Waals surface area (Å²) in [6.07, 6.45) is 1.04. The highest BCUT2D eigenvalue weighted by molar-refractivity contribution is 5.76. The van der Waals surface area contributed by atoms with Gasteiger partial charge >= 0.3 is 0 Å². The molecule has 0 saturated carbocycles. The molecule has 0 aliphatic carbocycles. The third kappa shape index (κ3) is 5.15. The van der Waals surface area contributed by atoms with Crippen LogP contribution in [0, 0.1) is 6.92 Å². The summed E-state index contributed by atoms with van der Waals surface area (Å²) in [5.74, 6) is 2.33. The number of benzene rings is 2. The fraction of sp³-hybridized carbons (Fsp3) is 0.381. The van der Waals surface area contributed by atoms with Crippen LogP contribution in [0.25, 0.3) is 0 Å². The normalized spacial score (nSPS) is 10.3. The molecule has 0 aliphatic rings. The minimum absolute atomic E-state index is 0.0790. The van der Waals surface area contributed by atoms with Crippen molar-refractivity contribution in [2.45, 2.75) is 26.3 Å². The number of hydrogen-bond donors (Lipinski definition) is 0. The number of carbonyl (C=O) groups is 1. The van der Waals surface area contributed by atoms with Crippen LogP contribution in [-0.2, 0) is 17.8 Å². The first kappa shape index (κ1) is 19.6. The molecule has 0 saturated heterocycles. The van der Waals surface area contributed by atoms with Gasteiger partial charge in [0.1, 0.15) is 17.2 Å². The fourth-order valence-corrected chi connectivity index (χ4v) is 2.83. The average Bonchev–Trinajstić information content (AvgIpc) is 2.65. The molecule has 26 heavy (non-hydrogen) atoms. The highest BCUT2D eigenvalue weighted by atomic mass is 16.5. The Kier molecular flexibility index (Phi) is 6.89. The van der Waals surface area contributed by atoms with Crippen LogP contribution in [0.15, 0.2) is 36.4 Å². The van der Waals surface area contributed by atoms with E-state index in [1.54, 1.807) is 26.2 Å². The van der Waals surface area contributed by atoms with Crippen molar-refractivity contribution in [2.75, 3.05) is 28.4 Å². The molecule has 0 bridgehead atoms. The van der Waals surface area contributed by atoms with Crippen LogP contribution in [0.4, 0.5) is 0 Å². The maximum Gasteiger partial charge on any atom is 0.222 e. The standard InChI is InChI=1S/C21H27NO4/c1-15-6-8-20(26-5)17(10-15)14-22(2)21(23)9-7-16-11-18(24-3)13-19(12-16)25-4/h6,8,10-13H,7,9,14H2,1-5H3. The average molecular weight is 357 g/mol. The van der Waals surface area contributed by atoms with E-state index in [1.165, 1.54) is 0 Å². The lowest BCUT2D eigenvalue weighted by Gasteiger charge is -2.19. The van der Waals surface area contributed by atoms with Crippen molar-refractivity contribution in [1.29, 1.82) is 0 Å². The topological polar surface area (TPSA) is 48.0 Å². The van der Waals surface area contributed by atoms with Gasteiger partial charge in [0.25, 0.3) is 0 Å². The van der Waals surface area contributed by atoms with Crippen molar-refractivity contribution < 1.29 is 19.0 Å². The molecule has 1 amide bonds. The Morgan fingerprint density at radius 3 is 2.19 bits per heavy atom. The summed E-state index contributed by atoms with van der Waals surface area (Å²) in [5.41, 5.74) is 3.16. The molecule has 0 aromatic heterocycles. The van der Waals surface area contributed by atoms with Gasteiger partial charge in [0.15, 0.2) is 0 Å². The molecule has 5 heteroatoms. The van der Waals surface area contributed by atoms with E-state index in [1.807, 2.05) is 44.3 Å². The molecule has 5 nitrogen and oxygen atoms in total. The van der Waals surface area contributed by atoms with Crippen LogP contribution in [0.1, 0.15) is 23.1 Å². The Morgan fingerprint density at radius 1 is 0.962 bits per heavy atom. The van der Waals surface area contributed by atoms with Crippen LogP contribution in [-0.4, -0.2) is 39.2 Å². The summed E-state index contributed by atoms with van der Waals surface area (Å²) in [6, 6.07) is 11.7. The van der Waals surface area contributed by atoms with Gasteiger partial charge in [0.05, 0.1) is 21.3 Å². The maximum atomic E-state index is 12.5. The molecule has 0 unspecified atom stereocenters. The lowest BCUT2D eigenvalue weighted by molar-refractivity contribution is -0.130. The Bertz CT molecular complexity index is 735. The molecule has 0 fully saturated rings. The zero-order chi connectivity index (χ0) is 19.1. The Balaban J connectivity index is 2.01. The van der Waals surface area contributed by atoms with Crippen molar-refractivity contribution >= 4 is 5.91 Å². The third-order valence-corrected chi connectivity index (χ3v) is 4.31. The van der Waals surface area contributed by atoms with E-state index in [0.29, 0.717) is 19.4 Å².